The zero-order valence-electron chi connectivity index (χ0n) is 16.7. The molecule has 0 aliphatic carbocycles. The highest BCUT2D eigenvalue weighted by molar-refractivity contribution is 5.83. The van der Waals surface area contributed by atoms with Crippen LogP contribution in [0.25, 0.3) is 10.9 Å². The Morgan fingerprint density at radius 2 is 1.20 bits per heavy atom. The Labute approximate surface area is 155 Å². The van der Waals surface area contributed by atoms with E-state index >= 15 is 0 Å². The summed E-state index contributed by atoms with van der Waals surface area (Å²) in [5, 5.41) is 1.41. The highest BCUT2D eigenvalue weighted by Crippen LogP contribution is 2.28. The van der Waals surface area contributed by atoms with Crippen molar-refractivity contribution in [1.29, 1.82) is 0 Å². The van der Waals surface area contributed by atoms with Crippen LogP contribution in [0.15, 0.2) is 24.3 Å². The topological polar surface area (TPSA) is 12.9 Å². The molecule has 2 rings (SSSR count). The van der Waals surface area contributed by atoms with E-state index in [-0.39, 0.29) is 0 Å². The zero-order valence-corrected chi connectivity index (χ0v) is 16.7. The third-order valence-electron chi connectivity index (χ3n) is 5.27. The van der Waals surface area contributed by atoms with Crippen LogP contribution in [0, 0.1) is 0 Å². The molecule has 1 aromatic heterocycles. The van der Waals surface area contributed by atoms with Crippen LogP contribution in [0.3, 0.4) is 0 Å². The van der Waals surface area contributed by atoms with Crippen molar-refractivity contribution in [3.63, 3.8) is 0 Å². The van der Waals surface area contributed by atoms with Crippen LogP contribution in [0.5, 0.6) is 0 Å². The average molecular weight is 340 g/mol. The Bertz CT molecular complexity index is 629. The van der Waals surface area contributed by atoms with E-state index < -0.39 is 0 Å². The van der Waals surface area contributed by atoms with Crippen molar-refractivity contribution in [3.05, 3.63) is 41.1 Å². The summed E-state index contributed by atoms with van der Waals surface area (Å²) in [7, 11) is 0. The lowest BCUT2D eigenvalue weighted by Gasteiger charge is -2.18. The molecule has 0 unspecified atom stereocenters. The normalized spacial score (nSPS) is 11.3. The first kappa shape index (κ1) is 19.9. The molecule has 0 N–H and O–H groups in total. The largest absolute Gasteiger partial charge is 0.253 e. The number of unbranched alkanes of at least 4 members (excludes halogenated alkanes) is 6. The summed E-state index contributed by atoms with van der Waals surface area (Å²) < 4.78 is 0. The molecule has 0 radical (unpaired) electrons. The van der Waals surface area contributed by atoms with Crippen molar-refractivity contribution < 1.29 is 0 Å². The first-order valence-corrected chi connectivity index (χ1v) is 10.7. The predicted molar refractivity (Wildman–Crippen MR) is 111 cm³/mol. The molecule has 1 aromatic carbocycles. The minimum atomic E-state index is 1.15. The number of aryl methyl sites for hydroxylation is 2. The molecule has 138 valence electrons. The monoisotopic (exact) mass is 339 g/mol. The van der Waals surface area contributed by atoms with Gasteiger partial charge in [-0.2, -0.15) is 0 Å². The summed E-state index contributed by atoms with van der Waals surface area (Å²) in [5.74, 6) is 0. The summed E-state index contributed by atoms with van der Waals surface area (Å²) in [6.07, 6.45) is 15.3. The van der Waals surface area contributed by atoms with Crippen molar-refractivity contribution in [3.8, 4) is 0 Å². The number of hydrogen-bond acceptors (Lipinski definition) is 1. The van der Waals surface area contributed by atoms with Crippen LogP contribution in [0.2, 0.25) is 0 Å². The van der Waals surface area contributed by atoms with E-state index in [9.17, 15) is 0 Å². The van der Waals surface area contributed by atoms with Gasteiger partial charge in [0.05, 0.1) is 5.52 Å². The molecule has 0 saturated carbocycles. The lowest BCUT2D eigenvalue weighted by Crippen LogP contribution is -2.06. The number of aromatic nitrogens is 1. The van der Waals surface area contributed by atoms with Crippen molar-refractivity contribution in [1.82, 2.24) is 4.98 Å². The van der Waals surface area contributed by atoms with E-state index in [4.69, 9.17) is 4.98 Å². The average Bonchev–Trinajstić information content (AvgIpc) is 2.63. The SMILES string of the molecule is CCCCCc1nc2ccccc2c(CCCCC)c1CCCCC. The van der Waals surface area contributed by atoms with E-state index in [1.54, 1.807) is 11.1 Å². The second-order valence-electron chi connectivity index (χ2n) is 7.40. The zero-order chi connectivity index (χ0) is 17.9. The Balaban J connectivity index is 2.40. The minimum Gasteiger partial charge on any atom is -0.253 e. The summed E-state index contributed by atoms with van der Waals surface area (Å²) in [6, 6.07) is 8.82. The Morgan fingerprint density at radius 3 is 1.84 bits per heavy atom. The summed E-state index contributed by atoms with van der Waals surface area (Å²) in [5.41, 5.74) is 5.82. The summed E-state index contributed by atoms with van der Waals surface area (Å²) in [4.78, 5) is 5.11. The molecular formula is C24H37N. The van der Waals surface area contributed by atoms with Crippen LogP contribution in [0.1, 0.15) is 95.4 Å². The number of fused-ring (bicyclic) bond motifs is 1. The Hall–Kier alpha value is -1.37. The van der Waals surface area contributed by atoms with Gasteiger partial charge in [0, 0.05) is 11.1 Å². The maximum Gasteiger partial charge on any atom is 0.0708 e. The number of rotatable bonds is 12. The van der Waals surface area contributed by atoms with Gasteiger partial charge in [-0.1, -0.05) is 77.5 Å². The van der Waals surface area contributed by atoms with Gasteiger partial charge in [0.25, 0.3) is 0 Å². The molecule has 1 heteroatoms. The van der Waals surface area contributed by atoms with Gasteiger partial charge in [0.15, 0.2) is 0 Å². The summed E-state index contributed by atoms with van der Waals surface area (Å²) >= 11 is 0. The van der Waals surface area contributed by atoms with E-state index in [0.29, 0.717) is 0 Å². The smallest absolute Gasteiger partial charge is 0.0708 e. The van der Waals surface area contributed by atoms with Crippen LogP contribution < -0.4 is 0 Å². The molecule has 0 atom stereocenters. The number of hydrogen-bond donors (Lipinski definition) is 0. The maximum atomic E-state index is 5.11. The molecule has 25 heavy (non-hydrogen) atoms. The molecule has 1 nitrogen and oxygen atoms in total. The number of nitrogens with zero attached hydrogens (tertiary/aromatic N) is 1. The number of pyridine rings is 1. The molecule has 0 bridgehead atoms. The molecular weight excluding hydrogens is 302 g/mol. The first-order valence-electron chi connectivity index (χ1n) is 10.7. The fourth-order valence-electron chi connectivity index (χ4n) is 3.81. The lowest BCUT2D eigenvalue weighted by molar-refractivity contribution is 0.672. The molecule has 0 spiro atoms. The van der Waals surface area contributed by atoms with Crippen molar-refractivity contribution in [2.75, 3.05) is 0 Å². The highest BCUT2D eigenvalue weighted by atomic mass is 14.7. The van der Waals surface area contributed by atoms with Gasteiger partial charge in [0.1, 0.15) is 0 Å². The van der Waals surface area contributed by atoms with Gasteiger partial charge in [-0.05, 0) is 55.7 Å². The fourth-order valence-corrected chi connectivity index (χ4v) is 3.81. The number of para-hydroxylation sites is 1. The third-order valence-corrected chi connectivity index (χ3v) is 5.27. The molecule has 0 aliphatic rings. The van der Waals surface area contributed by atoms with Gasteiger partial charge >= 0.3 is 0 Å². The van der Waals surface area contributed by atoms with Crippen LogP contribution in [0.4, 0.5) is 0 Å². The van der Waals surface area contributed by atoms with Gasteiger partial charge in [-0.25, -0.2) is 0 Å². The third kappa shape index (κ3) is 5.83. The first-order chi connectivity index (χ1) is 12.3. The molecule has 2 aromatic rings. The standard InChI is InChI=1S/C24H37N/c1-4-7-10-15-20-21(16-11-8-5-2)23(18-12-9-6-3)25-24-19-14-13-17-22(20)24/h13-14,17,19H,4-12,15-16,18H2,1-3H3. The van der Waals surface area contributed by atoms with Crippen LogP contribution >= 0.6 is 0 Å². The van der Waals surface area contributed by atoms with Gasteiger partial charge in [-0.15, -0.1) is 0 Å². The maximum absolute atomic E-state index is 5.11. The van der Waals surface area contributed by atoms with Gasteiger partial charge < -0.3 is 0 Å². The predicted octanol–water partition coefficient (Wildman–Crippen LogP) is 7.43. The molecule has 0 fully saturated rings. The Morgan fingerprint density at radius 1 is 0.640 bits per heavy atom. The van der Waals surface area contributed by atoms with Crippen LogP contribution in [-0.2, 0) is 19.3 Å². The van der Waals surface area contributed by atoms with E-state index in [2.05, 4.69) is 45.0 Å². The lowest BCUT2D eigenvalue weighted by atomic mass is 9.91. The van der Waals surface area contributed by atoms with Crippen molar-refractivity contribution in [2.45, 2.75) is 97.8 Å². The van der Waals surface area contributed by atoms with Crippen molar-refractivity contribution in [2.24, 2.45) is 0 Å². The molecule has 0 aliphatic heterocycles. The number of benzene rings is 1. The van der Waals surface area contributed by atoms with Gasteiger partial charge in [0.2, 0.25) is 0 Å². The van der Waals surface area contributed by atoms with E-state index in [1.165, 1.54) is 87.2 Å². The molecule has 1 heterocycles. The van der Waals surface area contributed by atoms with Crippen molar-refractivity contribution >= 4 is 10.9 Å². The quantitative estimate of drug-likeness (QED) is 0.366. The Kier molecular flexibility index (Phi) is 9.00. The minimum absolute atomic E-state index is 1.15. The summed E-state index contributed by atoms with van der Waals surface area (Å²) in [6.45, 7) is 6.87. The molecule has 0 saturated heterocycles. The van der Waals surface area contributed by atoms with E-state index in [0.717, 1.165) is 6.42 Å². The fraction of sp³-hybridized carbons (Fsp3) is 0.625. The second kappa shape index (κ2) is 11.3. The second-order valence-corrected chi connectivity index (χ2v) is 7.40. The van der Waals surface area contributed by atoms with Gasteiger partial charge in [-0.3, -0.25) is 4.98 Å². The molecule has 0 amide bonds. The van der Waals surface area contributed by atoms with E-state index in [1.807, 2.05) is 0 Å². The highest BCUT2D eigenvalue weighted by Gasteiger charge is 2.14. The van der Waals surface area contributed by atoms with Crippen LogP contribution in [-0.4, -0.2) is 4.98 Å².